The van der Waals surface area contributed by atoms with Gasteiger partial charge in [-0.25, -0.2) is 0 Å². The SMILES string of the molecule is Cc1ccccc1C(=O)N1CCC(C(=O)NCc2ccc(Cl)cc2Cl)CC1. The first-order chi connectivity index (χ1) is 13.0. The summed E-state index contributed by atoms with van der Waals surface area (Å²) >= 11 is 12.0. The Morgan fingerprint density at radius 2 is 1.81 bits per heavy atom. The summed E-state index contributed by atoms with van der Waals surface area (Å²) in [7, 11) is 0. The second-order valence-electron chi connectivity index (χ2n) is 6.83. The van der Waals surface area contributed by atoms with E-state index in [1.54, 1.807) is 12.1 Å². The van der Waals surface area contributed by atoms with Crippen LogP contribution in [0.3, 0.4) is 0 Å². The molecule has 3 rings (SSSR count). The van der Waals surface area contributed by atoms with Gasteiger partial charge in [0.2, 0.25) is 5.91 Å². The topological polar surface area (TPSA) is 49.4 Å². The zero-order valence-corrected chi connectivity index (χ0v) is 16.7. The normalized spacial score (nSPS) is 14.9. The molecule has 0 aromatic heterocycles. The van der Waals surface area contributed by atoms with Gasteiger partial charge in [0.05, 0.1) is 0 Å². The van der Waals surface area contributed by atoms with Crippen LogP contribution < -0.4 is 5.32 Å². The van der Waals surface area contributed by atoms with E-state index in [4.69, 9.17) is 23.2 Å². The molecule has 4 nitrogen and oxygen atoms in total. The van der Waals surface area contributed by atoms with Crippen LogP contribution in [0.4, 0.5) is 0 Å². The van der Waals surface area contributed by atoms with Crippen LogP contribution in [0.1, 0.15) is 34.3 Å². The highest BCUT2D eigenvalue weighted by molar-refractivity contribution is 6.35. The van der Waals surface area contributed by atoms with E-state index in [2.05, 4.69) is 5.32 Å². The molecule has 1 aliphatic rings. The van der Waals surface area contributed by atoms with E-state index in [-0.39, 0.29) is 17.7 Å². The molecule has 0 spiro atoms. The predicted molar refractivity (Wildman–Crippen MR) is 108 cm³/mol. The van der Waals surface area contributed by atoms with Gasteiger partial charge in [-0.3, -0.25) is 9.59 Å². The first kappa shape index (κ1) is 19.7. The minimum atomic E-state index is -0.0861. The van der Waals surface area contributed by atoms with Gasteiger partial charge in [0, 0.05) is 41.2 Å². The molecule has 2 amide bonds. The van der Waals surface area contributed by atoms with Crippen molar-refractivity contribution in [3.63, 3.8) is 0 Å². The lowest BCUT2D eigenvalue weighted by molar-refractivity contribution is -0.126. The highest BCUT2D eigenvalue weighted by Gasteiger charge is 2.28. The van der Waals surface area contributed by atoms with Gasteiger partial charge in [-0.2, -0.15) is 0 Å². The Morgan fingerprint density at radius 3 is 2.48 bits per heavy atom. The molecule has 27 heavy (non-hydrogen) atoms. The minimum Gasteiger partial charge on any atom is -0.352 e. The molecular weight excluding hydrogens is 383 g/mol. The highest BCUT2D eigenvalue weighted by atomic mass is 35.5. The fourth-order valence-corrected chi connectivity index (χ4v) is 3.80. The van der Waals surface area contributed by atoms with Gasteiger partial charge in [-0.1, -0.05) is 47.5 Å². The summed E-state index contributed by atoms with van der Waals surface area (Å²) in [6.07, 6.45) is 1.33. The quantitative estimate of drug-likeness (QED) is 0.816. The Balaban J connectivity index is 1.52. The van der Waals surface area contributed by atoms with Crippen molar-refractivity contribution in [1.82, 2.24) is 10.2 Å². The summed E-state index contributed by atoms with van der Waals surface area (Å²) in [6.45, 7) is 3.49. The lowest BCUT2D eigenvalue weighted by atomic mass is 9.95. The summed E-state index contributed by atoms with van der Waals surface area (Å²) in [5.74, 6) is -0.0408. The van der Waals surface area contributed by atoms with Crippen molar-refractivity contribution in [1.29, 1.82) is 0 Å². The monoisotopic (exact) mass is 404 g/mol. The maximum absolute atomic E-state index is 12.7. The average Bonchev–Trinajstić information content (AvgIpc) is 2.67. The van der Waals surface area contributed by atoms with Crippen LogP contribution in [0.25, 0.3) is 0 Å². The van der Waals surface area contributed by atoms with Crippen molar-refractivity contribution in [2.75, 3.05) is 13.1 Å². The second-order valence-corrected chi connectivity index (χ2v) is 7.68. The Kier molecular flexibility index (Phi) is 6.40. The zero-order chi connectivity index (χ0) is 19.4. The van der Waals surface area contributed by atoms with Gasteiger partial charge in [0.25, 0.3) is 5.91 Å². The smallest absolute Gasteiger partial charge is 0.254 e. The number of carbonyl (C=O) groups excluding carboxylic acids is 2. The van der Waals surface area contributed by atoms with Gasteiger partial charge in [-0.15, -0.1) is 0 Å². The minimum absolute atomic E-state index is 0.00371. The molecule has 0 bridgehead atoms. The number of benzene rings is 2. The molecule has 2 aromatic carbocycles. The molecule has 1 N–H and O–H groups in total. The van der Waals surface area contributed by atoms with Crippen LogP contribution >= 0.6 is 23.2 Å². The number of piperidine rings is 1. The number of aryl methyl sites for hydroxylation is 1. The van der Waals surface area contributed by atoms with Gasteiger partial charge >= 0.3 is 0 Å². The van der Waals surface area contributed by atoms with Gasteiger partial charge < -0.3 is 10.2 Å². The van der Waals surface area contributed by atoms with Crippen molar-refractivity contribution in [3.8, 4) is 0 Å². The standard InChI is InChI=1S/C21H22Cl2N2O2/c1-14-4-2-3-5-18(14)21(27)25-10-8-15(9-11-25)20(26)24-13-16-6-7-17(22)12-19(16)23/h2-7,12,15H,8-11,13H2,1H3,(H,24,26). The fraction of sp³-hybridized carbons (Fsp3) is 0.333. The largest absolute Gasteiger partial charge is 0.352 e. The van der Waals surface area contributed by atoms with Crippen molar-refractivity contribution in [2.24, 2.45) is 5.92 Å². The summed E-state index contributed by atoms with van der Waals surface area (Å²) < 4.78 is 0. The molecule has 1 aliphatic heterocycles. The molecule has 1 saturated heterocycles. The number of hydrogen-bond acceptors (Lipinski definition) is 2. The number of carbonyl (C=O) groups is 2. The van der Waals surface area contributed by atoms with E-state index in [1.165, 1.54) is 0 Å². The predicted octanol–water partition coefficient (Wildman–Crippen LogP) is 4.47. The molecule has 142 valence electrons. The molecule has 0 radical (unpaired) electrons. The van der Waals surface area contributed by atoms with Gasteiger partial charge in [0.1, 0.15) is 0 Å². The van der Waals surface area contributed by atoms with E-state index in [0.717, 1.165) is 16.7 Å². The Morgan fingerprint density at radius 1 is 1.11 bits per heavy atom. The first-order valence-electron chi connectivity index (χ1n) is 9.02. The van der Waals surface area contributed by atoms with E-state index in [1.807, 2.05) is 42.2 Å². The molecular formula is C21H22Cl2N2O2. The van der Waals surface area contributed by atoms with E-state index < -0.39 is 0 Å². The Labute approximate surface area is 169 Å². The third kappa shape index (κ3) is 4.82. The lowest BCUT2D eigenvalue weighted by Crippen LogP contribution is -2.43. The number of amides is 2. The van der Waals surface area contributed by atoms with E-state index >= 15 is 0 Å². The van der Waals surface area contributed by atoms with E-state index in [9.17, 15) is 9.59 Å². The highest BCUT2D eigenvalue weighted by Crippen LogP contribution is 2.23. The number of nitrogens with zero attached hydrogens (tertiary/aromatic N) is 1. The lowest BCUT2D eigenvalue weighted by Gasteiger charge is -2.31. The number of nitrogens with one attached hydrogen (secondary N) is 1. The number of hydrogen-bond donors (Lipinski definition) is 1. The Hall–Kier alpha value is -2.04. The molecule has 6 heteroatoms. The summed E-state index contributed by atoms with van der Waals surface area (Å²) in [5.41, 5.74) is 2.54. The Bertz CT molecular complexity index is 846. The third-order valence-corrected chi connectivity index (χ3v) is 5.58. The zero-order valence-electron chi connectivity index (χ0n) is 15.2. The van der Waals surface area contributed by atoms with Crippen LogP contribution in [-0.4, -0.2) is 29.8 Å². The molecule has 0 unspecified atom stereocenters. The van der Waals surface area contributed by atoms with Crippen molar-refractivity contribution in [2.45, 2.75) is 26.3 Å². The molecule has 1 fully saturated rings. The maximum atomic E-state index is 12.7. The van der Waals surface area contributed by atoms with E-state index in [0.29, 0.717) is 42.5 Å². The summed E-state index contributed by atoms with van der Waals surface area (Å²) in [4.78, 5) is 27.0. The average molecular weight is 405 g/mol. The second kappa shape index (κ2) is 8.77. The number of rotatable bonds is 4. The summed E-state index contributed by atoms with van der Waals surface area (Å²) in [6, 6.07) is 12.8. The van der Waals surface area contributed by atoms with Crippen molar-refractivity contribution in [3.05, 3.63) is 69.2 Å². The van der Waals surface area contributed by atoms with Gasteiger partial charge in [0.15, 0.2) is 0 Å². The molecule has 2 aromatic rings. The maximum Gasteiger partial charge on any atom is 0.254 e. The van der Waals surface area contributed by atoms with Crippen LogP contribution in [0.15, 0.2) is 42.5 Å². The molecule has 1 heterocycles. The fourth-order valence-electron chi connectivity index (χ4n) is 3.32. The first-order valence-corrected chi connectivity index (χ1v) is 9.78. The molecule has 0 aliphatic carbocycles. The molecule has 0 atom stereocenters. The van der Waals surface area contributed by atoms with Crippen molar-refractivity contribution >= 4 is 35.0 Å². The molecule has 0 saturated carbocycles. The van der Waals surface area contributed by atoms with Crippen LogP contribution in [-0.2, 0) is 11.3 Å². The number of likely N-dealkylation sites (tertiary alicyclic amines) is 1. The van der Waals surface area contributed by atoms with Crippen molar-refractivity contribution < 1.29 is 9.59 Å². The van der Waals surface area contributed by atoms with Crippen LogP contribution in [0.5, 0.6) is 0 Å². The number of halogens is 2. The summed E-state index contributed by atoms with van der Waals surface area (Å²) in [5, 5.41) is 4.06. The van der Waals surface area contributed by atoms with Crippen LogP contribution in [0.2, 0.25) is 10.0 Å². The van der Waals surface area contributed by atoms with Crippen LogP contribution in [0, 0.1) is 12.8 Å². The third-order valence-electron chi connectivity index (χ3n) is 5.00. The van der Waals surface area contributed by atoms with Gasteiger partial charge in [-0.05, 0) is 49.1 Å².